The number of nitrogens with one attached hydrogen (secondary N) is 1. The lowest BCUT2D eigenvalue weighted by atomic mass is 10.2. The molecule has 2 aromatic carbocycles. The zero-order valence-corrected chi connectivity index (χ0v) is 14.2. The average molecular weight is 327 g/mol. The molecule has 0 saturated carbocycles. The second kappa shape index (κ2) is 8.90. The molecule has 0 fully saturated rings. The zero-order chi connectivity index (χ0) is 16.5. The topological polar surface area (TPSA) is 36.9 Å². The minimum Gasteiger partial charge on any atom is -0.494 e. The summed E-state index contributed by atoms with van der Waals surface area (Å²) in [6.45, 7) is 3.31. The molecule has 0 aliphatic rings. The molecule has 0 heterocycles. The van der Waals surface area contributed by atoms with E-state index in [9.17, 15) is 0 Å². The van der Waals surface area contributed by atoms with Crippen LogP contribution >= 0.6 is 12.2 Å². The minimum atomic E-state index is 0.580. The summed E-state index contributed by atoms with van der Waals surface area (Å²) >= 11 is 5.33. The van der Waals surface area contributed by atoms with Gasteiger partial charge in [0.25, 0.3) is 0 Å². The van der Waals surface area contributed by atoms with Crippen molar-refractivity contribution in [3.63, 3.8) is 0 Å². The van der Waals surface area contributed by atoms with Crippen molar-refractivity contribution in [2.45, 2.75) is 13.5 Å². The molecule has 0 spiro atoms. The number of thiocarbonyl (C=S) groups is 1. The Morgan fingerprint density at radius 1 is 1.17 bits per heavy atom. The Hall–Kier alpha value is -2.40. The van der Waals surface area contributed by atoms with Crippen molar-refractivity contribution in [3.05, 3.63) is 65.7 Å². The van der Waals surface area contributed by atoms with Gasteiger partial charge in [0.1, 0.15) is 5.75 Å². The number of hydrogen-bond acceptors (Lipinski definition) is 3. The predicted octanol–water partition coefficient (Wildman–Crippen LogP) is 3.43. The number of benzene rings is 2. The molecule has 0 aliphatic heterocycles. The maximum atomic E-state index is 5.41. The van der Waals surface area contributed by atoms with E-state index in [1.54, 1.807) is 11.2 Å². The number of hydrazone groups is 1. The van der Waals surface area contributed by atoms with Gasteiger partial charge in [-0.25, -0.2) is 5.01 Å². The minimum absolute atomic E-state index is 0.580. The lowest BCUT2D eigenvalue weighted by molar-refractivity contribution is 0.340. The lowest BCUT2D eigenvalue weighted by Gasteiger charge is -2.15. The molecule has 1 N–H and O–H groups in total. The molecule has 0 bridgehead atoms. The van der Waals surface area contributed by atoms with Crippen LogP contribution in [0.25, 0.3) is 0 Å². The largest absolute Gasteiger partial charge is 0.494 e. The van der Waals surface area contributed by atoms with Crippen LogP contribution in [0.4, 0.5) is 0 Å². The summed E-state index contributed by atoms with van der Waals surface area (Å²) in [5, 5.41) is 9.76. The first kappa shape index (κ1) is 17.0. The van der Waals surface area contributed by atoms with E-state index < -0.39 is 0 Å². The van der Waals surface area contributed by atoms with Crippen LogP contribution in [0.3, 0.4) is 0 Å². The molecule has 23 heavy (non-hydrogen) atoms. The van der Waals surface area contributed by atoms with Crippen LogP contribution in [0.2, 0.25) is 0 Å². The van der Waals surface area contributed by atoms with Gasteiger partial charge in [0.05, 0.1) is 12.8 Å². The lowest BCUT2D eigenvalue weighted by Crippen LogP contribution is -2.33. The Labute approximate surface area is 142 Å². The van der Waals surface area contributed by atoms with E-state index in [1.807, 2.05) is 56.4 Å². The van der Waals surface area contributed by atoms with Crippen LogP contribution in [0.5, 0.6) is 5.75 Å². The van der Waals surface area contributed by atoms with Gasteiger partial charge >= 0.3 is 0 Å². The van der Waals surface area contributed by atoms with Crippen molar-refractivity contribution in [1.29, 1.82) is 0 Å². The second-order valence-electron chi connectivity index (χ2n) is 4.91. The van der Waals surface area contributed by atoms with Crippen LogP contribution in [0, 0.1) is 0 Å². The van der Waals surface area contributed by atoms with E-state index >= 15 is 0 Å². The highest BCUT2D eigenvalue weighted by Crippen LogP contribution is 2.10. The number of hydrogen-bond donors (Lipinski definition) is 1. The highest BCUT2D eigenvalue weighted by Gasteiger charge is 2.01. The normalized spacial score (nSPS) is 10.5. The molecular formula is C18H21N3OS. The molecule has 0 unspecified atom stereocenters. The molecule has 2 aromatic rings. The van der Waals surface area contributed by atoms with E-state index in [2.05, 4.69) is 22.6 Å². The molecule has 4 nitrogen and oxygen atoms in total. The van der Waals surface area contributed by atoms with Gasteiger partial charge in [0, 0.05) is 13.6 Å². The second-order valence-corrected chi connectivity index (χ2v) is 5.30. The summed E-state index contributed by atoms with van der Waals surface area (Å²) in [4.78, 5) is 0. The van der Waals surface area contributed by atoms with E-state index in [1.165, 1.54) is 5.56 Å². The zero-order valence-electron chi connectivity index (χ0n) is 13.4. The number of ether oxygens (including phenoxy) is 1. The molecule has 2 rings (SSSR count). The van der Waals surface area contributed by atoms with Gasteiger partial charge in [-0.15, -0.1) is 0 Å². The smallest absolute Gasteiger partial charge is 0.189 e. The van der Waals surface area contributed by atoms with Gasteiger partial charge in [0.15, 0.2) is 5.11 Å². The maximum Gasteiger partial charge on any atom is 0.189 e. The van der Waals surface area contributed by atoms with E-state index in [4.69, 9.17) is 17.0 Å². The van der Waals surface area contributed by atoms with Crippen molar-refractivity contribution in [3.8, 4) is 5.75 Å². The predicted molar refractivity (Wildman–Crippen MR) is 98.8 cm³/mol. The molecule has 0 atom stereocenters. The van der Waals surface area contributed by atoms with E-state index in [0.29, 0.717) is 18.3 Å². The SMILES string of the molecule is CCOc1ccc(/C=N\N(C)C(=S)NCc2ccccc2)cc1. The third-order valence-corrected chi connectivity index (χ3v) is 3.56. The molecule has 5 heteroatoms. The Morgan fingerprint density at radius 2 is 1.87 bits per heavy atom. The Kier molecular flexibility index (Phi) is 6.56. The molecule has 0 aliphatic carbocycles. The van der Waals surface area contributed by atoms with Gasteiger partial charge in [0.2, 0.25) is 0 Å². The molecular weight excluding hydrogens is 306 g/mol. The molecule has 0 radical (unpaired) electrons. The maximum absolute atomic E-state index is 5.41. The first-order chi connectivity index (χ1) is 11.2. The Bertz CT molecular complexity index is 641. The highest BCUT2D eigenvalue weighted by atomic mass is 32.1. The van der Waals surface area contributed by atoms with Crippen LogP contribution < -0.4 is 10.1 Å². The Morgan fingerprint density at radius 3 is 2.52 bits per heavy atom. The fraction of sp³-hybridized carbons (Fsp3) is 0.222. The van der Waals surface area contributed by atoms with Gasteiger partial charge in [-0.1, -0.05) is 30.3 Å². The summed E-state index contributed by atoms with van der Waals surface area (Å²) in [7, 11) is 1.82. The van der Waals surface area contributed by atoms with Crippen molar-refractivity contribution in [2.24, 2.45) is 5.10 Å². The summed E-state index contributed by atoms with van der Waals surface area (Å²) < 4.78 is 5.41. The third kappa shape index (κ3) is 5.71. The van der Waals surface area contributed by atoms with Gasteiger partial charge in [-0.3, -0.25) is 0 Å². The summed E-state index contributed by atoms with van der Waals surface area (Å²) in [6.07, 6.45) is 1.77. The van der Waals surface area contributed by atoms with Gasteiger partial charge < -0.3 is 10.1 Å². The van der Waals surface area contributed by atoms with Crippen LogP contribution in [-0.2, 0) is 6.54 Å². The van der Waals surface area contributed by atoms with Crippen molar-refractivity contribution in [1.82, 2.24) is 10.3 Å². The summed E-state index contributed by atoms with van der Waals surface area (Å²) in [5.74, 6) is 0.859. The number of rotatable bonds is 6. The fourth-order valence-electron chi connectivity index (χ4n) is 1.91. The summed E-state index contributed by atoms with van der Waals surface area (Å²) in [5.41, 5.74) is 2.17. The third-order valence-electron chi connectivity index (χ3n) is 3.15. The van der Waals surface area contributed by atoms with Crippen molar-refractivity contribution < 1.29 is 4.74 Å². The van der Waals surface area contributed by atoms with Crippen LogP contribution in [-0.4, -0.2) is 30.0 Å². The van der Waals surface area contributed by atoms with Crippen LogP contribution in [0.15, 0.2) is 59.7 Å². The van der Waals surface area contributed by atoms with E-state index in [0.717, 1.165) is 11.3 Å². The highest BCUT2D eigenvalue weighted by molar-refractivity contribution is 7.80. The molecule has 0 aromatic heterocycles. The monoisotopic (exact) mass is 327 g/mol. The number of nitrogens with zero attached hydrogens (tertiary/aromatic N) is 2. The van der Waals surface area contributed by atoms with Crippen molar-refractivity contribution in [2.75, 3.05) is 13.7 Å². The van der Waals surface area contributed by atoms with Gasteiger partial charge in [-0.05, 0) is 54.5 Å². The fourth-order valence-corrected chi connectivity index (χ4v) is 2.03. The standard InChI is InChI=1S/C18H21N3OS/c1-3-22-17-11-9-16(10-12-17)14-20-21(2)18(23)19-13-15-7-5-4-6-8-15/h4-12,14H,3,13H2,1-2H3,(H,19,23)/b20-14-. The molecule has 0 saturated heterocycles. The first-order valence-electron chi connectivity index (χ1n) is 7.51. The first-order valence-corrected chi connectivity index (χ1v) is 7.92. The van der Waals surface area contributed by atoms with E-state index in [-0.39, 0.29) is 0 Å². The average Bonchev–Trinajstić information content (AvgIpc) is 2.60. The van der Waals surface area contributed by atoms with Gasteiger partial charge in [-0.2, -0.15) is 5.10 Å². The van der Waals surface area contributed by atoms with Crippen LogP contribution in [0.1, 0.15) is 18.1 Å². The Balaban J connectivity index is 1.84. The summed E-state index contributed by atoms with van der Waals surface area (Å²) in [6, 6.07) is 17.9. The quantitative estimate of drug-likeness (QED) is 0.501. The molecule has 0 amide bonds. The van der Waals surface area contributed by atoms with Crippen molar-refractivity contribution >= 4 is 23.5 Å². The molecule has 120 valence electrons.